The summed E-state index contributed by atoms with van der Waals surface area (Å²) in [6.07, 6.45) is 1.68. The lowest BCUT2D eigenvalue weighted by atomic mass is 10.1. The molecule has 0 spiro atoms. The number of Topliss-reactive ketones (excluding diaryl/α,β-unsaturated/α-hetero) is 1. The third-order valence-electron chi connectivity index (χ3n) is 2.54. The van der Waals surface area contributed by atoms with Crippen molar-refractivity contribution in [1.29, 1.82) is 0 Å². The summed E-state index contributed by atoms with van der Waals surface area (Å²) in [5, 5.41) is 2.76. The first kappa shape index (κ1) is 14.0. The predicted octanol–water partition coefficient (Wildman–Crippen LogP) is 2.93. The zero-order valence-electron chi connectivity index (χ0n) is 10.8. The van der Waals surface area contributed by atoms with E-state index in [1.807, 2.05) is 6.92 Å². The maximum atomic E-state index is 11.9. The van der Waals surface area contributed by atoms with Gasteiger partial charge in [-0.05, 0) is 26.0 Å². The van der Waals surface area contributed by atoms with Crippen LogP contribution in [0.5, 0.6) is 0 Å². The van der Waals surface area contributed by atoms with E-state index >= 15 is 0 Å². The number of carbonyl (C=O) groups is 2. The van der Waals surface area contributed by atoms with Crippen molar-refractivity contribution in [3.63, 3.8) is 0 Å². The summed E-state index contributed by atoms with van der Waals surface area (Å²) < 4.78 is 0. The van der Waals surface area contributed by atoms with Crippen LogP contribution in [0.25, 0.3) is 0 Å². The number of benzene rings is 1. The van der Waals surface area contributed by atoms with E-state index in [1.165, 1.54) is 6.92 Å². The molecule has 0 aliphatic heterocycles. The van der Waals surface area contributed by atoms with Crippen molar-refractivity contribution in [3.8, 4) is 0 Å². The minimum Gasteiger partial charge on any atom is -0.321 e. The number of hydrogen-bond acceptors (Lipinski definition) is 2. The number of hydrogen-bond donors (Lipinski definition) is 1. The number of ketones is 1. The molecule has 0 aliphatic rings. The Hall–Kier alpha value is -2.10. The van der Waals surface area contributed by atoms with Gasteiger partial charge in [0.2, 0.25) is 0 Å². The van der Waals surface area contributed by atoms with Gasteiger partial charge in [-0.2, -0.15) is 0 Å². The summed E-state index contributed by atoms with van der Waals surface area (Å²) in [6, 6.07) is 6.70. The largest absolute Gasteiger partial charge is 0.322 e. The van der Waals surface area contributed by atoms with Crippen molar-refractivity contribution in [3.05, 3.63) is 42.5 Å². The van der Waals surface area contributed by atoms with Crippen LogP contribution in [0.3, 0.4) is 0 Å². The first-order valence-corrected chi connectivity index (χ1v) is 5.86. The molecule has 0 radical (unpaired) electrons. The first-order chi connectivity index (χ1) is 8.58. The third kappa shape index (κ3) is 3.73. The molecule has 0 heterocycles. The van der Waals surface area contributed by atoms with Gasteiger partial charge in [-0.1, -0.05) is 18.2 Å². The van der Waals surface area contributed by atoms with Crippen LogP contribution in [0.15, 0.2) is 36.9 Å². The molecule has 0 saturated carbocycles. The Morgan fingerprint density at radius 2 is 2.17 bits per heavy atom. The van der Waals surface area contributed by atoms with Gasteiger partial charge in [0.15, 0.2) is 5.78 Å². The van der Waals surface area contributed by atoms with Gasteiger partial charge < -0.3 is 10.2 Å². The number of nitrogens with zero attached hydrogens (tertiary/aromatic N) is 1. The average Bonchev–Trinajstić information content (AvgIpc) is 2.36. The highest BCUT2D eigenvalue weighted by Gasteiger charge is 2.10. The van der Waals surface area contributed by atoms with Gasteiger partial charge >= 0.3 is 6.03 Å². The second-order valence-corrected chi connectivity index (χ2v) is 3.89. The van der Waals surface area contributed by atoms with Gasteiger partial charge in [0.1, 0.15) is 0 Å². The first-order valence-electron chi connectivity index (χ1n) is 5.86. The Morgan fingerprint density at radius 3 is 2.72 bits per heavy atom. The number of rotatable bonds is 5. The lowest BCUT2D eigenvalue weighted by Gasteiger charge is -2.19. The molecule has 96 valence electrons. The van der Waals surface area contributed by atoms with E-state index in [1.54, 1.807) is 35.2 Å². The fraction of sp³-hybridized carbons (Fsp3) is 0.286. The number of likely N-dealkylation sites (N-methyl/N-ethyl adjacent to an activating group) is 1. The van der Waals surface area contributed by atoms with E-state index in [0.29, 0.717) is 24.3 Å². The Kier molecular flexibility index (Phi) is 5.11. The van der Waals surface area contributed by atoms with Crippen molar-refractivity contribution >= 4 is 17.5 Å². The van der Waals surface area contributed by atoms with Crippen LogP contribution < -0.4 is 5.32 Å². The highest BCUT2D eigenvalue weighted by atomic mass is 16.2. The molecule has 1 rings (SSSR count). The van der Waals surface area contributed by atoms with Crippen molar-refractivity contribution < 1.29 is 9.59 Å². The molecule has 1 aromatic rings. The molecule has 2 amide bonds. The van der Waals surface area contributed by atoms with E-state index in [4.69, 9.17) is 0 Å². The summed E-state index contributed by atoms with van der Waals surface area (Å²) in [5.41, 5.74) is 1.20. The molecule has 0 saturated heterocycles. The lowest BCUT2D eigenvalue weighted by Crippen LogP contribution is -2.34. The van der Waals surface area contributed by atoms with Crippen LogP contribution in [0.4, 0.5) is 10.5 Å². The molecule has 0 fully saturated rings. The van der Waals surface area contributed by atoms with Crippen LogP contribution in [0.1, 0.15) is 24.2 Å². The van der Waals surface area contributed by atoms with Crippen molar-refractivity contribution in [1.82, 2.24) is 4.90 Å². The number of nitrogens with one attached hydrogen (secondary N) is 1. The Bertz CT molecular complexity index is 455. The minimum atomic E-state index is -0.196. The highest BCUT2D eigenvalue weighted by Crippen LogP contribution is 2.12. The van der Waals surface area contributed by atoms with Gasteiger partial charge in [0.25, 0.3) is 0 Å². The smallest absolute Gasteiger partial charge is 0.321 e. The molecular weight excluding hydrogens is 228 g/mol. The summed E-state index contributed by atoms with van der Waals surface area (Å²) in [6.45, 7) is 8.10. The van der Waals surface area contributed by atoms with Crippen LogP contribution in [-0.4, -0.2) is 29.8 Å². The van der Waals surface area contributed by atoms with E-state index in [9.17, 15) is 9.59 Å². The summed E-state index contributed by atoms with van der Waals surface area (Å²) in [5.74, 6) is -0.0236. The number of anilines is 1. The second-order valence-electron chi connectivity index (χ2n) is 3.89. The minimum absolute atomic E-state index is 0.0236. The standard InChI is InChI=1S/C14H18N2O2/c1-4-9-16(5-2)14(18)15-13-8-6-7-12(10-13)11(3)17/h4,6-8,10H,1,5,9H2,2-3H3,(H,15,18). The fourth-order valence-electron chi connectivity index (χ4n) is 1.53. The molecule has 0 atom stereocenters. The molecule has 18 heavy (non-hydrogen) atoms. The molecule has 0 aromatic heterocycles. The Morgan fingerprint density at radius 1 is 1.44 bits per heavy atom. The molecular formula is C14H18N2O2. The molecule has 1 aromatic carbocycles. The van der Waals surface area contributed by atoms with Gasteiger partial charge in [-0.25, -0.2) is 4.79 Å². The maximum Gasteiger partial charge on any atom is 0.322 e. The molecule has 0 unspecified atom stereocenters. The van der Waals surface area contributed by atoms with Crippen LogP contribution >= 0.6 is 0 Å². The maximum absolute atomic E-state index is 11.9. The number of amides is 2. The normalized spacial score (nSPS) is 9.67. The second kappa shape index (κ2) is 6.59. The van der Waals surface area contributed by atoms with Crippen LogP contribution in [-0.2, 0) is 0 Å². The highest BCUT2D eigenvalue weighted by molar-refractivity contribution is 5.96. The van der Waals surface area contributed by atoms with Gasteiger partial charge in [0, 0.05) is 24.3 Å². The van der Waals surface area contributed by atoms with E-state index in [0.717, 1.165) is 0 Å². The average molecular weight is 246 g/mol. The van der Waals surface area contributed by atoms with E-state index < -0.39 is 0 Å². The van der Waals surface area contributed by atoms with Crippen LogP contribution in [0.2, 0.25) is 0 Å². The predicted molar refractivity (Wildman–Crippen MR) is 72.9 cm³/mol. The quantitative estimate of drug-likeness (QED) is 0.641. The Labute approximate surface area is 107 Å². The van der Waals surface area contributed by atoms with Crippen molar-refractivity contribution in [2.75, 3.05) is 18.4 Å². The molecule has 0 aliphatic carbocycles. The third-order valence-corrected chi connectivity index (χ3v) is 2.54. The van der Waals surface area contributed by atoms with Gasteiger partial charge in [-0.3, -0.25) is 4.79 Å². The molecule has 4 heteroatoms. The van der Waals surface area contributed by atoms with Crippen LogP contribution in [0, 0.1) is 0 Å². The summed E-state index contributed by atoms with van der Waals surface area (Å²) in [4.78, 5) is 24.8. The molecule has 4 nitrogen and oxygen atoms in total. The molecule has 0 bridgehead atoms. The lowest BCUT2D eigenvalue weighted by molar-refractivity contribution is 0.101. The van der Waals surface area contributed by atoms with E-state index in [-0.39, 0.29) is 11.8 Å². The zero-order chi connectivity index (χ0) is 13.5. The Balaban J connectivity index is 2.77. The summed E-state index contributed by atoms with van der Waals surface area (Å²) in [7, 11) is 0. The number of carbonyl (C=O) groups excluding carboxylic acids is 2. The van der Waals surface area contributed by atoms with Gasteiger partial charge in [0.05, 0.1) is 0 Å². The SMILES string of the molecule is C=CCN(CC)C(=O)Nc1cccc(C(C)=O)c1. The van der Waals surface area contributed by atoms with Crippen molar-refractivity contribution in [2.45, 2.75) is 13.8 Å². The number of urea groups is 1. The molecule has 1 N–H and O–H groups in total. The zero-order valence-corrected chi connectivity index (χ0v) is 10.8. The monoisotopic (exact) mass is 246 g/mol. The van der Waals surface area contributed by atoms with Gasteiger partial charge in [-0.15, -0.1) is 6.58 Å². The van der Waals surface area contributed by atoms with Crippen molar-refractivity contribution in [2.24, 2.45) is 0 Å². The topological polar surface area (TPSA) is 49.4 Å². The fourth-order valence-corrected chi connectivity index (χ4v) is 1.53. The van der Waals surface area contributed by atoms with E-state index in [2.05, 4.69) is 11.9 Å². The summed E-state index contributed by atoms with van der Waals surface area (Å²) >= 11 is 0.